The summed E-state index contributed by atoms with van der Waals surface area (Å²) in [5, 5.41) is 21.0. The first-order valence-electron chi connectivity index (χ1n) is 5.92. The molecule has 0 spiro atoms. The van der Waals surface area contributed by atoms with E-state index < -0.39 is 18.1 Å². The van der Waals surface area contributed by atoms with Crippen LogP contribution in [0.4, 0.5) is 0 Å². The fourth-order valence-electron chi connectivity index (χ4n) is 1.98. The van der Waals surface area contributed by atoms with Crippen LogP contribution in [0.2, 0.25) is 0 Å². The lowest BCUT2D eigenvalue weighted by Crippen LogP contribution is -2.43. The number of likely N-dealkylation sites (tertiary alicyclic amines) is 1. The van der Waals surface area contributed by atoms with E-state index in [0.29, 0.717) is 6.54 Å². The molecule has 0 aliphatic carbocycles. The predicted octanol–water partition coefficient (Wildman–Crippen LogP) is -1.05. The summed E-state index contributed by atoms with van der Waals surface area (Å²) in [6.07, 6.45) is -0.765. The molecule has 1 unspecified atom stereocenters. The second-order valence-electron chi connectivity index (χ2n) is 4.25. The minimum absolute atomic E-state index is 0.0190. The van der Waals surface area contributed by atoms with Gasteiger partial charge in [-0.3, -0.25) is 9.59 Å². The molecular formula is C11H18N2O5. The van der Waals surface area contributed by atoms with Crippen molar-refractivity contribution in [2.24, 2.45) is 0 Å². The number of carbonyl (C=O) groups is 3. The van der Waals surface area contributed by atoms with Gasteiger partial charge in [0.05, 0.1) is 12.5 Å². The minimum atomic E-state index is -1.15. The molecule has 1 fully saturated rings. The van der Waals surface area contributed by atoms with E-state index in [-0.39, 0.29) is 37.6 Å². The van der Waals surface area contributed by atoms with Gasteiger partial charge in [-0.15, -0.1) is 0 Å². The van der Waals surface area contributed by atoms with Crippen LogP contribution in [0.5, 0.6) is 0 Å². The van der Waals surface area contributed by atoms with Crippen LogP contribution < -0.4 is 5.32 Å². The first-order valence-corrected chi connectivity index (χ1v) is 5.92. The monoisotopic (exact) mass is 258 g/mol. The second-order valence-corrected chi connectivity index (χ2v) is 4.25. The fourth-order valence-corrected chi connectivity index (χ4v) is 1.98. The smallest absolute Gasteiger partial charge is 0.326 e. The molecule has 3 N–H and O–H groups in total. The van der Waals surface area contributed by atoms with Gasteiger partial charge in [-0.1, -0.05) is 0 Å². The number of hydrogen-bond acceptors (Lipinski definition) is 4. The van der Waals surface area contributed by atoms with Crippen molar-refractivity contribution in [3.8, 4) is 0 Å². The van der Waals surface area contributed by atoms with E-state index in [1.165, 1.54) is 0 Å². The van der Waals surface area contributed by atoms with E-state index in [1.54, 1.807) is 6.92 Å². The number of aliphatic hydroxyl groups excluding tert-OH is 1. The number of β-amino-alcohol motifs (C(OH)–C–C–N with tert-alkyl or cyclic N) is 1. The van der Waals surface area contributed by atoms with E-state index in [2.05, 4.69) is 5.32 Å². The standard InChI is InChI=1S/C11H18N2O5/c1-2-12-9(15)4-3-8(11(17)18)13-6-7(14)5-10(13)16/h7-8,14H,2-6H2,1H3,(H,12,15)(H,17,18)/t7?,8-/m0/s1. The predicted molar refractivity (Wildman–Crippen MR) is 61.7 cm³/mol. The van der Waals surface area contributed by atoms with Gasteiger partial charge in [0.2, 0.25) is 11.8 Å². The topological polar surface area (TPSA) is 107 Å². The van der Waals surface area contributed by atoms with Crippen LogP contribution in [0.25, 0.3) is 0 Å². The molecule has 1 heterocycles. The molecule has 102 valence electrons. The summed E-state index contributed by atoms with van der Waals surface area (Å²) in [5.41, 5.74) is 0. The lowest BCUT2D eigenvalue weighted by Gasteiger charge is -2.23. The average molecular weight is 258 g/mol. The Morgan fingerprint density at radius 2 is 2.22 bits per heavy atom. The highest BCUT2D eigenvalue weighted by Crippen LogP contribution is 2.17. The highest BCUT2D eigenvalue weighted by molar-refractivity contribution is 5.86. The maximum Gasteiger partial charge on any atom is 0.326 e. The van der Waals surface area contributed by atoms with Gasteiger partial charge in [0, 0.05) is 19.5 Å². The van der Waals surface area contributed by atoms with Gasteiger partial charge >= 0.3 is 5.97 Å². The van der Waals surface area contributed by atoms with Gasteiger partial charge in [-0.05, 0) is 13.3 Å². The van der Waals surface area contributed by atoms with Crippen molar-refractivity contribution in [1.82, 2.24) is 10.2 Å². The van der Waals surface area contributed by atoms with Crippen LogP contribution >= 0.6 is 0 Å². The van der Waals surface area contributed by atoms with Gasteiger partial charge < -0.3 is 20.4 Å². The average Bonchev–Trinajstić information content (AvgIpc) is 2.58. The first kappa shape index (κ1) is 14.4. The molecule has 0 aromatic heterocycles. The Labute approximate surface area is 105 Å². The SMILES string of the molecule is CCNC(=O)CC[C@@H](C(=O)O)N1CC(O)CC1=O. The van der Waals surface area contributed by atoms with E-state index in [0.717, 1.165) is 4.90 Å². The third kappa shape index (κ3) is 3.69. The van der Waals surface area contributed by atoms with Crippen LogP contribution in [-0.4, -0.2) is 58.1 Å². The number of rotatable bonds is 6. The Kier molecular flexibility index (Phi) is 5.08. The summed E-state index contributed by atoms with van der Waals surface area (Å²) >= 11 is 0. The number of carbonyl (C=O) groups excluding carboxylic acids is 2. The molecule has 2 amide bonds. The molecule has 0 bridgehead atoms. The molecular weight excluding hydrogens is 240 g/mol. The number of hydrogen-bond donors (Lipinski definition) is 3. The van der Waals surface area contributed by atoms with Gasteiger partial charge in [-0.25, -0.2) is 4.79 Å². The van der Waals surface area contributed by atoms with E-state index in [9.17, 15) is 19.5 Å². The number of amides is 2. The van der Waals surface area contributed by atoms with Crippen LogP contribution in [0.15, 0.2) is 0 Å². The third-order valence-corrected chi connectivity index (χ3v) is 2.82. The van der Waals surface area contributed by atoms with Crippen LogP contribution in [-0.2, 0) is 14.4 Å². The molecule has 0 aromatic carbocycles. The molecule has 2 atom stereocenters. The van der Waals surface area contributed by atoms with Crippen LogP contribution in [0, 0.1) is 0 Å². The summed E-state index contributed by atoms with van der Waals surface area (Å²) in [7, 11) is 0. The lowest BCUT2D eigenvalue weighted by molar-refractivity contribution is -0.148. The minimum Gasteiger partial charge on any atom is -0.480 e. The van der Waals surface area contributed by atoms with Gasteiger partial charge in [-0.2, -0.15) is 0 Å². The summed E-state index contributed by atoms with van der Waals surface area (Å²) in [4.78, 5) is 35.0. The molecule has 1 saturated heterocycles. The van der Waals surface area contributed by atoms with Gasteiger partial charge in [0.15, 0.2) is 0 Å². The number of aliphatic hydroxyl groups is 1. The Morgan fingerprint density at radius 1 is 1.56 bits per heavy atom. The quantitative estimate of drug-likeness (QED) is 0.563. The zero-order valence-corrected chi connectivity index (χ0v) is 10.3. The fraction of sp³-hybridized carbons (Fsp3) is 0.727. The highest BCUT2D eigenvalue weighted by atomic mass is 16.4. The molecule has 1 aliphatic rings. The van der Waals surface area contributed by atoms with E-state index in [1.807, 2.05) is 0 Å². The zero-order chi connectivity index (χ0) is 13.7. The van der Waals surface area contributed by atoms with Gasteiger partial charge in [0.25, 0.3) is 0 Å². The summed E-state index contributed by atoms with van der Waals surface area (Å²) in [5.74, 6) is -1.77. The number of carboxylic acids is 1. The van der Waals surface area contributed by atoms with E-state index >= 15 is 0 Å². The highest BCUT2D eigenvalue weighted by Gasteiger charge is 2.36. The number of nitrogens with zero attached hydrogens (tertiary/aromatic N) is 1. The van der Waals surface area contributed by atoms with Gasteiger partial charge in [0.1, 0.15) is 6.04 Å². The first-order chi connectivity index (χ1) is 8.45. The van der Waals surface area contributed by atoms with Crippen molar-refractivity contribution in [3.63, 3.8) is 0 Å². The Morgan fingerprint density at radius 3 is 2.67 bits per heavy atom. The van der Waals surface area contributed by atoms with Crippen molar-refractivity contribution in [2.45, 2.75) is 38.3 Å². The van der Waals surface area contributed by atoms with Crippen molar-refractivity contribution < 1.29 is 24.6 Å². The molecule has 0 aromatic rings. The maximum absolute atomic E-state index is 11.5. The lowest BCUT2D eigenvalue weighted by atomic mass is 10.1. The molecule has 1 rings (SSSR count). The largest absolute Gasteiger partial charge is 0.480 e. The maximum atomic E-state index is 11.5. The number of nitrogens with one attached hydrogen (secondary N) is 1. The van der Waals surface area contributed by atoms with Crippen molar-refractivity contribution in [2.75, 3.05) is 13.1 Å². The normalized spacial score (nSPS) is 20.9. The van der Waals surface area contributed by atoms with E-state index in [4.69, 9.17) is 5.11 Å². The number of aliphatic carboxylic acids is 1. The molecule has 1 aliphatic heterocycles. The van der Waals surface area contributed by atoms with Crippen molar-refractivity contribution >= 4 is 17.8 Å². The molecule has 7 heteroatoms. The Hall–Kier alpha value is -1.63. The summed E-state index contributed by atoms with van der Waals surface area (Å²) in [6, 6.07) is -1.04. The third-order valence-electron chi connectivity index (χ3n) is 2.82. The molecule has 7 nitrogen and oxygen atoms in total. The molecule has 0 saturated carbocycles. The summed E-state index contributed by atoms with van der Waals surface area (Å²) in [6.45, 7) is 2.27. The zero-order valence-electron chi connectivity index (χ0n) is 10.3. The second kappa shape index (κ2) is 6.34. The van der Waals surface area contributed by atoms with Crippen LogP contribution in [0.3, 0.4) is 0 Å². The Bertz CT molecular complexity index is 344. The summed E-state index contributed by atoms with van der Waals surface area (Å²) < 4.78 is 0. The van der Waals surface area contributed by atoms with Crippen molar-refractivity contribution in [1.29, 1.82) is 0 Å². The molecule has 0 radical (unpaired) electrons. The van der Waals surface area contributed by atoms with Crippen molar-refractivity contribution in [3.05, 3.63) is 0 Å². The van der Waals surface area contributed by atoms with Crippen LogP contribution in [0.1, 0.15) is 26.2 Å². The molecule has 18 heavy (non-hydrogen) atoms. The number of carboxylic acid groups (broad SMARTS) is 1. The Balaban J connectivity index is 2.58.